The number of nitrogens with zero attached hydrogens (tertiary/aromatic N) is 2. The molecule has 34 heavy (non-hydrogen) atoms. The summed E-state index contributed by atoms with van der Waals surface area (Å²) in [5.74, 6) is 1.66. The first-order valence-electron chi connectivity index (χ1n) is 10.3. The minimum Gasteiger partial charge on any atom is -0.497 e. The average Bonchev–Trinajstić information content (AvgIpc) is 3.18. The van der Waals surface area contributed by atoms with Gasteiger partial charge in [-0.05, 0) is 75.6 Å². The van der Waals surface area contributed by atoms with Crippen molar-refractivity contribution in [2.24, 2.45) is 0 Å². The maximum Gasteiger partial charge on any atom is 0.256 e. The Bertz CT molecular complexity index is 1290. The summed E-state index contributed by atoms with van der Waals surface area (Å²) < 4.78 is 13.3. The standard InChI is InChI=1S/C25H20BrCl2N3O3/c1-33-20-8-10-21(11-9-20)34-15-16-2-4-17(5-3-16)25(32)29-24-22(26)14-31(30-24)13-18-6-7-19(27)12-23(18)28/h2-12,14H,13,15H2,1H3,(H,29,30,32). The number of rotatable bonds is 8. The Labute approximate surface area is 215 Å². The smallest absolute Gasteiger partial charge is 0.256 e. The van der Waals surface area contributed by atoms with Gasteiger partial charge in [-0.1, -0.05) is 41.4 Å². The van der Waals surface area contributed by atoms with E-state index in [0.717, 1.165) is 22.6 Å². The monoisotopic (exact) mass is 559 g/mol. The SMILES string of the molecule is COc1ccc(OCc2ccc(C(=O)Nc3nn(Cc4ccc(Cl)cc4Cl)cc3Br)cc2)cc1. The predicted octanol–water partition coefficient (Wildman–Crippen LogP) is 6.84. The van der Waals surface area contributed by atoms with Crippen LogP contribution in [0.15, 0.2) is 77.4 Å². The van der Waals surface area contributed by atoms with Gasteiger partial charge in [0.2, 0.25) is 0 Å². The number of ether oxygens (including phenoxy) is 2. The molecule has 1 N–H and O–H groups in total. The number of nitrogens with one attached hydrogen (secondary N) is 1. The zero-order valence-electron chi connectivity index (χ0n) is 18.1. The molecule has 0 radical (unpaired) electrons. The lowest BCUT2D eigenvalue weighted by Crippen LogP contribution is -2.13. The quantitative estimate of drug-likeness (QED) is 0.256. The Morgan fingerprint density at radius 1 is 1.03 bits per heavy atom. The molecule has 1 aromatic heterocycles. The summed E-state index contributed by atoms with van der Waals surface area (Å²) in [6.45, 7) is 0.824. The van der Waals surface area contributed by atoms with Gasteiger partial charge in [0.05, 0.1) is 18.1 Å². The van der Waals surface area contributed by atoms with Gasteiger partial charge in [0, 0.05) is 21.8 Å². The molecule has 0 aliphatic heterocycles. The average molecular weight is 561 g/mol. The molecule has 0 aliphatic carbocycles. The Morgan fingerprint density at radius 2 is 1.74 bits per heavy atom. The summed E-state index contributed by atoms with van der Waals surface area (Å²) in [5, 5.41) is 8.40. The van der Waals surface area contributed by atoms with E-state index in [1.807, 2.05) is 42.5 Å². The van der Waals surface area contributed by atoms with Crippen molar-refractivity contribution in [2.75, 3.05) is 12.4 Å². The van der Waals surface area contributed by atoms with Crippen molar-refractivity contribution in [2.45, 2.75) is 13.2 Å². The molecule has 0 saturated carbocycles. The Hall–Kier alpha value is -3.00. The van der Waals surface area contributed by atoms with Gasteiger partial charge in [-0.25, -0.2) is 0 Å². The van der Waals surface area contributed by atoms with Gasteiger partial charge >= 0.3 is 0 Å². The fraction of sp³-hybridized carbons (Fsp3) is 0.120. The number of carbonyl (C=O) groups excluding carboxylic acids is 1. The maximum atomic E-state index is 12.7. The van der Waals surface area contributed by atoms with E-state index in [1.54, 1.807) is 42.3 Å². The number of benzene rings is 3. The number of anilines is 1. The first-order chi connectivity index (χ1) is 16.4. The highest BCUT2D eigenvalue weighted by Crippen LogP contribution is 2.25. The van der Waals surface area contributed by atoms with Gasteiger partial charge in [0.15, 0.2) is 5.82 Å². The lowest BCUT2D eigenvalue weighted by atomic mass is 10.1. The van der Waals surface area contributed by atoms with E-state index in [2.05, 4.69) is 26.3 Å². The fourth-order valence-corrected chi connectivity index (χ4v) is 4.04. The van der Waals surface area contributed by atoms with Crippen molar-refractivity contribution in [3.63, 3.8) is 0 Å². The van der Waals surface area contributed by atoms with Gasteiger partial charge in [-0.2, -0.15) is 5.10 Å². The van der Waals surface area contributed by atoms with Crippen LogP contribution in [0.25, 0.3) is 0 Å². The van der Waals surface area contributed by atoms with Crippen molar-refractivity contribution in [1.82, 2.24) is 9.78 Å². The summed E-state index contributed by atoms with van der Waals surface area (Å²) >= 11 is 15.7. The Balaban J connectivity index is 1.36. The van der Waals surface area contributed by atoms with Crippen LogP contribution in [0.3, 0.4) is 0 Å². The summed E-state index contributed by atoms with van der Waals surface area (Å²) in [4.78, 5) is 12.7. The van der Waals surface area contributed by atoms with Crippen LogP contribution in [0, 0.1) is 0 Å². The summed E-state index contributed by atoms with van der Waals surface area (Å²) in [6.07, 6.45) is 1.78. The van der Waals surface area contributed by atoms with Crippen LogP contribution in [-0.2, 0) is 13.2 Å². The molecule has 6 nitrogen and oxygen atoms in total. The zero-order chi connectivity index (χ0) is 24.1. The number of carbonyl (C=O) groups is 1. The van der Waals surface area contributed by atoms with Crippen LogP contribution < -0.4 is 14.8 Å². The van der Waals surface area contributed by atoms with Crippen LogP contribution in [0.2, 0.25) is 10.0 Å². The third kappa shape index (κ3) is 6.11. The Kier molecular flexibility index (Phi) is 7.77. The molecule has 3 aromatic carbocycles. The van der Waals surface area contributed by atoms with E-state index in [9.17, 15) is 4.79 Å². The minimum absolute atomic E-state index is 0.266. The molecule has 0 aliphatic rings. The molecule has 0 unspecified atom stereocenters. The first kappa shape index (κ1) is 24.1. The molecule has 1 heterocycles. The molecule has 4 rings (SSSR count). The second-order valence-electron chi connectivity index (χ2n) is 7.37. The molecule has 0 spiro atoms. The Morgan fingerprint density at radius 3 is 2.41 bits per heavy atom. The molecular formula is C25H20BrCl2N3O3. The largest absolute Gasteiger partial charge is 0.497 e. The molecule has 0 bridgehead atoms. The molecule has 4 aromatic rings. The molecule has 0 atom stereocenters. The topological polar surface area (TPSA) is 65.4 Å². The third-order valence-corrected chi connectivity index (χ3v) is 6.14. The van der Waals surface area contributed by atoms with Crippen molar-refractivity contribution < 1.29 is 14.3 Å². The van der Waals surface area contributed by atoms with Crippen LogP contribution in [-0.4, -0.2) is 22.8 Å². The van der Waals surface area contributed by atoms with Gasteiger partial charge < -0.3 is 14.8 Å². The molecule has 0 saturated heterocycles. The number of methoxy groups -OCH3 is 1. The normalized spacial score (nSPS) is 10.7. The van der Waals surface area contributed by atoms with Crippen LogP contribution >= 0.6 is 39.1 Å². The number of amides is 1. The van der Waals surface area contributed by atoms with Gasteiger partial charge in [-0.3, -0.25) is 9.48 Å². The molecular weight excluding hydrogens is 541 g/mol. The van der Waals surface area contributed by atoms with E-state index >= 15 is 0 Å². The number of hydrogen-bond donors (Lipinski definition) is 1. The number of halogens is 3. The number of aromatic nitrogens is 2. The van der Waals surface area contributed by atoms with E-state index in [1.165, 1.54) is 0 Å². The molecule has 1 amide bonds. The van der Waals surface area contributed by atoms with E-state index in [-0.39, 0.29) is 5.91 Å². The second kappa shape index (κ2) is 11.0. The minimum atomic E-state index is -0.266. The molecule has 0 fully saturated rings. The van der Waals surface area contributed by atoms with Crippen molar-refractivity contribution in [1.29, 1.82) is 0 Å². The highest BCUT2D eigenvalue weighted by Gasteiger charge is 2.13. The lowest BCUT2D eigenvalue weighted by Gasteiger charge is -2.08. The van der Waals surface area contributed by atoms with Crippen LogP contribution in [0.1, 0.15) is 21.5 Å². The summed E-state index contributed by atoms with van der Waals surface area (Å²) in [5.41, 5.74) is 2.32. The second-order valence-corrected chi connectivity index (χ2v) is 9.07. The highest BCUT2D eigenvalue weighted by atomic mass is 79.9. The first-order valence-corrected chi connectivity index (χ1v) is 11.8. The maximum absolute atomic E-state index is 12.7. The van der Waals surface area contributed by atoms with E-state index in [0.29, 0.717) is 39.1 Å². The molecule has 174 valence electrons. The van der Waals surface area contributed by atoms with Crippen LogP contribution in [0.5, 0.6) is 11.5 Å². The molecule has 9 heteroatoms. The summed E-state index contributed by atoms with van der Waals surface area (Å²) in [7, 11) is 1.62. The van der Waals surface area contributed by atoms with Gasteiger partial charge in [-0.15, -0.1) is 0 Å². The van der Waals surface area contributed by atoms with Crippen molar-refractivity contribution in [3.8, 4) is 11.5 Å². The van der Waals surface area contributed by atoms with Gasteiger partial charge in [0.1, 0.15) is 18.1 Å². The van der Waals surface area contributed by atoms with Crippen molar-refractivity contribution in [3.05, 3.63) is 104 Å². The lowest BCUT2D eigenvalue weighted by molar-refractivity contribution is 0.102. The number of hydrogen-bond acceptors (Lipinski definition) is 4. The predicted molar refractivity (Wildman–Crippen MR) is 137 cm³/mol. The summed E-state index contributed by atoms with van der Waals surface area (Å²) in [6, 6.07) is 19.9. The third-order valence-electron chi connectivity index (χ3n) is 4.98. The van der Waals surface area contributed by atoms with Gasteiger partial charge in [0.25, 0.3) is 5.91 Å². The van der Waals surface area contributed by atoms with Crippen LogP contribution in [0.4, 0.5) is 5.82 Å². The fourth-order valence-electron chi connectivity index (χ4n) is 3.16. The highest BCUT2D eigenvalue weighted by molar-refractivity contribution is 9.10. The van der Waals surface area contributed by atoms with E-state index < -0.39 is 0 Å². The van der Waals surface area contributed by atoms with Crippen molar-refractivity contribution >= 4 is 50.9 Å². The van der Waals surface area contributed by atoms with E-state index in [4.69, 9.17) is 32.7 Å². The zero-order valence-corrected chi connectivity index (χ0v) is 21.2.